The average molecular weight is 466 g/mol. The number of aliphatic carboxylic acids is 1. The first-order chi connectivity index (χ1) is 16.4. The SMILES string of the molecule is O=C(NCCO)c1cc(C(=O)NC(Cc2ccc(-c3ccccc3)cc2)C[C@@H](O)C(=O)O)[nH]n1. The molecule has 0 saturated heterocycles. The van der Waals surface area contributed by atoms with Crippen molar-refractivity contribution >= 4 is 17.8 Å². The number of hydrogen-bond donors (Lipinski definition) is 6. The minimum absolute atomic E-state index is 0.00314. The zero-order valence-corrected chi connectivity index (χ0v) is 18.3. The van der Waals surface area contributed by atoms with Crippen LogP contribution in [0.25, 0.3) is 11.1 Å². The van der Waals surface area contributed by atoms with Crippen molar-refractivity contribution in [3.8, 4) is 11.1 Å². The Kier molecular flexibility index (Phi) is 8.49. The molecule has 1 heterocycles. The van der Waals surface area contributed by atoms with Crippen LogP contribution in [-0.4, -0.2) is 68.6 Å². The highest BCUT2D eigenvalue weighted by molar-refractivity contribution is 5.97. The van der Waals surface area contributed by atoms with Gasteiger partial charge in [0.2, 0.25) is 0 Å². The van der Waals surface area contributed by atoms with Crippen LogP contribution in [0.15, 0.2) is 60.7 Å². The zero-order chi connectivity index (χ0) is 24.5. The lowest BCUT2D eigenvalue weighted by Gasteiger charge is -2.20. The standard InChI is InChI=1S/C24H26N4O6/c29-11-10-25-22(31)19-14-20(28-27-19)23(32)26-18(13-21(30)24(33)34)12-15-6-8-17(9-7-15)16-4-2-1-3-5-16/h1-9,14,18,21,29-30H,10-13H2,(H,25,31)(H,26,32)(H,27,28)(H,33,34)/t18?,21-/m1/s1. The van der Waals surface area contributed by atoms with Crippen LogP contribution in [0.3, 0.4) is 0 Å². The van der Waals surface area contributed by atoms with Crippen LogP contribution in [0.5, 0.6) is 0 Å². The molecule has 1 aromatic heterocycles. The smallest absolute Gasteiger partial charge is 0.332 e. The molecule has 0 aliphatic carbocycles. The highest BCUT2D eigenvalue weighted by atomic mass is 16.4. The van der Waals surface area contributed by atoms with Crippen LogP contribution in [0.2, 0.25) is 0 Å². The fourth-order valence-electron chi connectivity index (χ4n) is 3.39. The summed E-state index contributed by atoms with van der Waals surface area (Å²) in [5.41, 5.74) is 2.88. The lowest BCUT2D eigenvalue weighted by atomic mass is 9.97. The molecular weight excluding hydrogens is 440 g/mol. The molecule has 0 spiro atoms. The van der Waals surface area contributed by atoms with Gasteiger partial charge in [-0.15, -0.1) is 0 Å². The number of nitrogens with zero attached hydrogens (tertiary/aromatic N) is 1. The first-order valence-electron chi connectivity index (χ1n) is 10.7. The number of carbonyl (C=O) groups excluding carboxylic acids is 2. The number of nitrogens with one attached hydrogen (secondary N) is 3. The van der Waals surface area contributed by atoms with Crippen molar-refractivity contribution in [1.29, 1.82) is 0 Å². The maximum Gasteiger partial charge on any atom is 0.332 e. The Labute approximate surface area is 195 Å². The van der Waals surface area contributed by atoms with Gasteiger partial charge in [0.05, 0.1) is 6.61 Å². The molecule has 2 amide bonds. The molecule has 2 aromatic carbocycles. The van der Waals surface area contributed by atoms with Gasteiger partial charge in [0, 0.05) is 25.1 Å². The first-order valence-corrected chi connectivity index (χ1v) is 10.7. The van der Waals surface area contributed by atoms with E-state index in [2.05, 4.69) is 20.8 Å². The fraction of sp³-hybridized carbons (Fsp3) is 0.250. The molecule has 0 fully saturated rings. The maximum atomic E-state index is 12.7. The Balaban J connectivity index is 1.71. The molecule has 0 saturated carbocycles. The number of aliphatic hydroxyl groups is 2. The quantitative estimate of drug-likeness (QED) is 0.245. The second-order valence-electron chi connectivity index (χ2n) is 7.67. The molecule has 0 aliphatic rings. The van der Waals surface area contributed by atoms with Gasteiger partial charge < -0.3 is 26.0 Å². The Morgan fingerprint density at radius 3 is 2.29 bits per heavy atom. The largest absolute Gasteiger partial charge is 0.479 e. The lowest BCUT2D eigenvalue weighted by molar-refractivity contribution is -0.147. The van der Waals surface area contributed by atoms with E-state index in [9.17, 15) is 19.5 Å². The van der Waals surface area contributed by atoms with Crippen LogP contribution < -0.4 is 10.6 Å². The van der Waals surface area contributed by atoms with Gasteiger partial charge in [0.25, 0.3) is 11.8 Å². The molecule has 34 heavy (non-hydrogen) atoms. The minimum atomic E-state index is -1.66. The molecular formula is C24H26N4O6. The number of aromatic nitrogens is 2. The molecule has 10 heteroatoms. The first kappa shape index (κ1) is 24.6. The van der Waals surface area contributed by atoms with E-state index in [1.807, 2.05) is 54.6 Å². The van der Waals surface area contributed by atoms with Crippen molar-refractivity contribution in [2.75, 3.05) is 13.2 Å². The van der Waals surface area contributed by atoms with E-state index in [1.165, 1.54) is 6.07 Å². The van der Waals surface area contributed by atoms with Crippen molar-refractivity contribution < 1.29 is 29.7 Å². The minimum Gasteiger partial charge on any atom is -0.479 e. The van der Waals surface area contributed by atoms with Crippen LogP contribution in [0.1, 0.15) is 33.0 Å². The van der Waals surface area contributed by atoms with Gasteiger partial charge in [-0.2, -0.15) is 5.10 Å². The molecule has 0 aliphatic heterocycles. The van der Waals surface area contributed by atoms with E-state index in [0.717, 1.165) is 16.7 Å². The number of aromatic amines is 1. The van der Waals surface area contributed by atoms with Gasteiger partial charge in [0.15, 0.2) is 11.8 Å². The van der Waals surface area contributed by atoms with Gasteiger partial charge in [-0.25, -0.2) is 4.79 Å². The van der Waals surface area contributed by atoms with Crippen molar-refractivity contribution in [2.45, 2.75) is 25.0 Å². The van der Waals surface area contributed by atoms with Crippen molar-refractivity contribution in [3.05, 3.63) is 77.6 Å². The van der Waals surface area contributed by atoms with E-state index < -0.39 is 29.9 Å². The number of aliphatic hydroxyl groups excluding tert-OH is 2. The fourth-order valence-corrected chi connectivity index (χ4v) is 3.39. The van der Waals surface area contributed by atoms with Crippen molar-refractivity contribution in [2.24, 2.45) is 0 Å². The van der Waals surface area contributed by atoms with E-state index >= 15 is 0 Å². The Morgan fingerprint density at radius 2 is 1.65 bits per heavy atom. The van der Waals surface area contributed by atoms with E-state index in [0.29, 0.717) is 0 Å². The second kappa shape index (κ2) is 11.7. The predicted octanol–water partition coefficient (Wildman–Crippen LogP) is 0.975. The lowest BCUT2D eigenvalue weighted by Crippen LogP contribution is -2.40. The summed E-state index contributed by atoms with van der Waals surface area (Å²) in [5.74, 6) is -2.54. The third-order valence-corrected chi connectivity index (χ3v) is 5.12. The summed E-state index contributed by atoms with van der Waals surface area (Å²) in [6.07, 6.45) is -1.58. The van der Waals surface area contributed by atoms with Gasteiger partial charge >= 0.3 is 5.97 Å². The van der Waals surface area contributed by atoms with Crippen LogP contribution >= 0.6 is 0 Å². The molecule has 6 N–H and O–H groups in total. The molecule has 10 nitrogen and oxygen atoms in total. The Morgan fingerprint density at radius 1 is 0.971 bits per heavy atom. The normalized spacial score (nSPS) is 12.5. The summed E-state index contributed by atoms with van der Waals surface area (Å²) in [4.78, 5) is 35.8. The molecule has 2 atom stereocenters. The number of carboxylic acids is 1. The maximum absolute atomic E-state index is 12.7. The highest BCUT2D eigenvalue weighted by Gasteiger charge is 2.24. The van der Waals surface area contributed by atoms with Gasteiger partial charge in [0.1, 0.15) is 5.69 Å². The average Bonchev–Trinajstić information content (AvgIpc) is 3.34. The van der Waals surface area contributed by atoms with Crippen LogP contribution in [-0.2, 0) is 11.2 Å². The van der Waals surface area contributed by atoms with E-state index in [1.54, 1.807) is 0 Å². The van der Waals surface area contributed by atoms with Gasteiger partial charge in [-0.05, 0) is 23.1 Å². The van der Waals surface area contributed by atoms with Crippen molar-refractivity contribution in [1.82, 2.24) is 20.8 Å². The molecule has 0 radical (unpaired) electrons. The number of carboxylic acid groups (broad SMARTS) is 1. The third kappa shape index (κ3) is 6.74. The van der Waals surface area contributed by atoms with Gasteiger partial charge in [-0.3, -0.25) is 14.7 Å². The summed E-state index contributed by atoms with van der Waals surface area (Å²) in [7, 11) is 0. The summed E-state index contributed by atoms with van der Waals surface area (Å²) in [5, 5.41) is 39.1. The Hall–Kier alpha value is -4.02. The van der Waals surface area contributed by atoms with E-state index in [4.69, 9.17) is 10.2 Å². The van der Waals surface area contributed by atoms with Gasteiger partial charge in [-0.1, -0.05) is 54.6 Å². The number of benzene rings is 2. The number of amides is 2. The molecule has 0 bridgehead atoms. The summed E-state index contributed by atoms with van der Waals surface area (Å²) in [6, 6.07) is 18.0. The van der Waals surface area contributed by atoms with Crippen molar-refractivity contribution in [3.63, 3.8) is 0 Å². The van der Waals surface area contributed by atoms with Crippen LogP contribution in [0.4, 0.5) is 0 Å². The second-order valence-corrected chi connectivity index (χ2v) is 7.67. The third-order valence-electron chi connectivity index (χ3n) is 5.12. The highest BCUT2D eigenvalue weighted by Crippen LogP contribution is 2.20. The molecule has 1 unspecified atom stereocenters. The number of hydrogen-bond acceptors (Lipinski definition) is 6. The summed E-state index contributed by atoms with van der Waals surface area (Å²) >= 11 is 0. The summed E-state index contributed by atoms with van der Waals surface area (Å²) in [6.45, 7) is -0.186. The summed E-state index contributed by atoms with van der Waals surface area (Å²) < 4.78 is 0. The zero-order valence-electron chi connectivity index (χ0n) is 18.3. The number of rotatable bonds is 11. The molecule has 3 aromatic rings. The number of carbonyl (C=O) groups is 3. The predicted molar refractivity (Wildman–Crippen MR) is 123 cm³/mol. The Bertz CT molecular complexity index is 1110. The molecule has 178 valence electrons. The topological polar surface area (TPSA) is 165 Å². The monoisotopic (exact) mass is 466 g/mol. The number of H-pyrrole nitrogens is 1. The molecule has 3 rings (SSSR count). The van der Waals surface area contributed by atoms with Crippen LogP contribution in [0, 0.1) is 0 Å². The van der Waals surface area contributed by atoms with E-state index in [-0.39, 0.29) is 37.4 Å².